The maximum absolute atomic E-state index is 13.5. The van der Waals surface area contributed by atoms with Crippen LogP contribution in [0.4, 0.5) is 4.39 Å². The van der Waals surface area contributed by atoms with Crippen molar-refractivity contribution in [2.45, 2.75) is 6.42 Å². The number of H-pyrrole nitrogens is 1. The summed E-state index contributed by atoms with van der Waals surface area (Å²) in [6.45, 7) is 0. The SMILES string of the molecule is O=C(O)c1cc2nc(Cc3cccs3)[nH]c2cc1F. The number of halogens is 1. The van der Waals surface area contributed by atoms with Gasteiger partial charge in [-0.25, -0.2) is 14.2 Å². The van der Waals surface area contributed by atoms with Gasteiger partial charge in [-0.1, -0.05) is 6.07 Å². The molecule has 6 heteroatoms. The number of hydrogen-bond donors (Lipinski definition) is 2. The summed E-state index contributed by atoms with van der Waals surface area (Å²) >= 11 is 1.61. The number of fused-ring (bicyclic) bond motifs is 1. The second-order valence-electron chi connectivity index (χ2n) is 4.09. The van der Waals surface area contributed by atoms with Gasteiger partial charge in [-0.2, -0.15) is 0 Å². The van der Waals surface area contributed by atoms with Gasteiger partial charge < -0.3 is 10.1 Å². The fourth-order valence-corrected chi connectivity index (χ4v) is 2.62. The summed E-state index contributed by atoms with van der Waals surface area (Å²) in [5, 5.41) is 10.8. The van der Waals surface area contributed by atoms with Crippen molar-refractivity contribution in [2.24, 2.45) is 0 Å². The van der Waals surface area contributed by atoms with Gasteiger partial charge in [0.25, 0.3) is 0 Å². The lowest BCUT2D eigenvalue weighted by Gasteiger charge is -1.95. The number of thiophene rings is 1. The molecule has 0 bridgehead atoms. The Kier molecular flexibility index (Phi) is 2.79. The highest BCUT2D eigenvalue weighted by atomic mass is 32.1. The van der Waals surface area contributed by atoms with Crippen molar-refractivity contribution in [1.82, 2.24) is 9.97 Å². The van der Waals surface area contributed by atoms with Crippen LogP contribution in [0.3, 0.4) is 0 Å². The molecule has 0 saturated heterocycles. The number of aromatic amines is 1. The third-order valence-electron chi connectivity index (χ3n) is 2.77. The molecule has 1 aromatic carbocycles. The van der Waals surface area contributed by atoms with E-state index in [0.29, 0.717) is 23.3 Å². The average Bonchev–Trinajstić information content (AvgIpc) is 2.96. The van der Waals surface area contributed by atoms with Crippen LogP contribution in [0.2, 0.25) is 0 Å². The fraction of sp³-hybridized carbons (Fsp3) is 0.0769. The maximum Gasteiger partial charge on any atom is 0.338 e. The van der Waals surface area contributed by atoms with Gasteiger partial charge in [0.15, 0.2) is 0 Å². The minimum atomic E-state index is -1.29. The number of imidazole rings is 1. The Bertz CT molecular complexity index is 749. The van der Waals surface area contributed by atoms with Crippen molar-refractivity contribution in [3.8, 4) is 0 Å². The second kappa shape index (κ2) is 4.47. The van der Waals surface area contributed by atoms with Gasteiger partial charge in [0.05, 0.1) is 16.6 Å². The molecule has 0 spiro atoms. The number of nitrogens with one attached hydrogen (secondary N) is 1. The Labute approximate surface area is 111 Å². The van der Waals surface area contributed by atoms with Crippen molar-refractivity contribution >= 4 is 28.3 Å². The zero-order valence-corrected chi connectivity index (χ0v) is 10.5. The first-order valence-electron chi connectivity index (χ1n) is 5.57. The zero-order valence-electron chi connectivity index (χ0n) is 9.68. The fourth-order valence-electron chi connectivity index (χ4n) is 1.91. The molecule has 4 nitrogen and oxygen atoms in total. The van der Waals surface area contributed by atoms with Crippen LogP contribution in [-0.4, -0.2) is 21.0 Å². The van der Waals surface area contributed by atoms with E-state index in [1.54, 1.807) is 11.3 Å². The monoisotopic (exact) mass is 276 g/mol. The molecule has 96 valence electrons. The molecule has 19 heavy (non-hydrogen) atoms. The van der Waals surface area contributed by atoms with Crippen LogP contribution in [0.25, 0.3) is 11.0 Å². The number of carbonyl (C=O) groups is 1. The first-order chi connectivity index (χ1) is 9.13. The number of rotatable bonds is 3. The topological polar surface area (TPSA) is 66.0 Å². The summed E-state index contributed by atoms with van der Waals surface area (Å²) in [5.41, 5.74) is 0.612. The number of benzene rings is 1. The smallest absolute Gasteiger partial charge is 0.338 e. The summed E-state index contributed by atoms with van der Waals surface area (Å²) in [6, 6.07) is 6.36. The Morgan fingerprint density at radius 3 is 3.00 bits per heavy atom. The Hall–Kier alpha value is -2.21. The summed E-state index contributed by atoms with van der Waals surface area (Å²) < 4.78 is 13.5. The second-order valence-corrected chi connectivity index (χ2v) is 5.13. The van der Waals surface area contributed by atoms with Crippen molar-refractivity contribution in [3.63, 3.8) is 0 Å². The lowest BCUT2D eigenvalue weighted by Crippen LogP contribution is -1.99. The van der Waals surface area contributed by atoms with Crippen molar-refractivity contribution in [1.29, 1.82) is 0 Å². The number of aromatic carboxylic acids is 1. The number of nitrogens with zero attached hydrogens (tertiary/aromatic N) is 1. The number of hydrogen-bond acceptors (Lipinski definition) is 3. The maximum atomic E-state index is 13.5. The van der Waals surface area contributed by atoms with E-state index in [9.17, 15) is 9.18 Å². The number of aromatic nitrogens is 2. The molecule has 0 aliphatic heterocycles. The summed E-state index contributed by atoms with van der Waals surface area (Å²) in [6.07, 6.45) is 0.621. The van der Waals surface area contributed by atoms with Crippen LogP contribution in [0.15, 0.2) is 29.6 Å². The lowest BCUT2D eigenvalue weighted by atomic mass is 10.2. The molecule has 2 N–H and O–H groups in total. The first-order valence-corrected chi connectivity index (χ1v) is 6.45. The molecule has 0 fully saturated rings. The van der Waals surface area contributed by atoms with Crippen LogP contribution in [-0.2, 0) is 6.42 Å². The highest BCUT2D eigenvalue weighted by Gasteiger charge is 2.14. The van der Waals surface area contributed by atoms with Gasteiger partial charge in [-0.3, -0.25) is 0 Å². The van der Waals surface area contributed by atoms with Crippen LogP contribution >= 0.6 is 11.3 Å². The van der Waals surface area contributed by atoms with E-state index in [-0.39, 0.29) is 5.56 Å². The van der Waals surface area contributed by atoms with Gasteiger partial charge in [-0.15, -0.1) is 11.3 Å². The number of carboxylic acid groups (broad SMARTS) is 1. The van der Waals surface area contributed by atoms with Crippen LogP contribution in [0, 0.1) is 5.82 Å². The van der Waals surface area contributed by atoms with E-state index < -0.39 is 11.8 Å². The molecule has 3 rings (SSSR count). The molecule has 0 unspecified atom stereocenters. The standard InChI is InChI=1S/C13H9FN2O2S/c14-9-6-11-10(5-8(9)13(17)18)15-12(16-11)4-7-2-1-3-19-7/h1-3,5-6H,4H2,(H,15,16)(H,17,18). The van der Waals surface area contributed by atoms with Gasteiger partial charge in [0.1, 0.15) is 11.6 Å². The molecule has 0 aliphatic rings. The molecule has 3 aromatic rings. The molecular weight excluding hydrogens is 267 g/mol. The van der Waals surface area contributed by atoms with E-state index in [0.717, 1.165) is 4.88 Å². The van der Waals surface area contributed by atoms with Crippen molar-refractivity contribution in [2.75, 3.05) is 0 Å². The normalized spacial score (nSPS) is 11.0. The largest absolute Gasteiger partial charge is 0.478 e. The predicted octanol–water partition coefficient (Wildman–Crippen LogP) is 3.05. The van der Waals surface area contributed by atoms with Gasteiger partial charge in [-0.05, 0) is 17.5 Å². The molecule has 0 radical (unpaired) electrons. The summed E-state index contributed by atoms with van der Waals surface area (Å²) in [4.78, 5) is 19.3. The molecule has 0 amide bonds. The van der Waals surface area contributed by atoms with Crippen molar-refractivity contribution < 1.29 is 14.3 Å². The molecule has 2 heterocycles. The molecule has 0 saturated carbocycles. The Morgan fingerprint density at radius 1 is 1.47 bits per heavy atom. The quantitative estimate of drug-likeness (QED) is 0.772. The van der Waals surface area contributed by atoms with Crippen molar-refractivity contribution in [3.05, 3.63) is 51.7 Å². The van der Waals surface area contributed by atoms with Crippen LogP contribution in [0.1, 0.15) is 21.1 Å². The minimum Gasteiger partial charge on any atom is -0.478 e. The highest BCUT2D eigenvalue weighted by molar-refractivity contribution is 7.09. The van der Waals surface area contributed by atoms with Crippen LogP contribution in [0.5, 0.6) is 0 Å². The third kappa shape index (κ3) is 2.22. The highest BCUT2D eigenvalue weighted by Crippen LogP contribution is 2.20. The molecule has 0 aliphatic carbocycles. The Morgan fingerprint density at radius 2 is 2.32 bits per heavy atom. The summed E-state index contributed by atoms with van der Waals surface area (Å²) in [5.74, 6) is -1.35. The molecule has 0 atom stereocenters. The predicted molar refractivity (Wildman–Crippen MR) is 70.1 cm³/mol. The zero-order chi connectivity index (χ0) is 13.4. The minimum absolute atomic E-state index is 0.360. The molecular formula is C13H9FN2O2S. The lowest BCUT2D eigenvalue weighted by molar-refractivity contribution is 0.0692. The van der Waals surface area contributed by atoms with E-state index in [2.05, 4.69) is 9.97 Å². The number of carboxylic acids is 1. The first kappa shape index (κ1) is 11.9. The summed E-state index contributed by atoms with van der Waals surface area (Å²) in [7, 11) is 0. The van der Waals surface area contributed by atoms with E-state index in [1.165, 1.54) is 12.1 Å². The third-order valence-corrected chi connectivity index (χ3v) is 3.65. The van der Waals surface area contributed by atoms with Gasteiger partial charge in [0, 0.05) is 17.4 Å². The molecule has 2 aromatic heterocycles. The van der Waals surface area contributed by atoms with Gasteiger partial charge >= 0.3 is 5.97 Å². The van der Waals surface area contributed by atoms with E-state index >= 15 is 0 Å². The van der Waals surface area contributed by atoms with Crippen LogP contribution < -0.4 is 0 Å². The Balaban J connectivity index is 2.03. The van der Waals surface area contributed by atoms with Gasteiger partial charge in [0.2, 0.25) is 0 Å². The average molecular weight is 276 g/mol. The van der Waals surface area contributed by atoms with E-state index in [4.69, 9.17) is 5.11 Å². The van der Waals surface area contributed by atoms with E-state index in [1.807, 2.05) is 17.5 Å².